The molecule has 0 spiro atoms. The van der Waals surface area contributed by atoms with Gasteiger partial charge in [0.15, 0.2) is 0 Å². The highest BCUT2D eigenvalue weighted by molar-refractivity contribution is 9.10. The number of carboxylic acid groups (broad SMARTS) is 1. The summed E-state index contributed by atoms with van der Waals surface area (Å²) in [4.78, 5) is 24.8. The Morgan fingerprint density at radius 2 is 1.95 bits per heavy atom. The summed E-state index contributed by atoms with van der Waals surface area (Å²) >= 11 is 9.19. The molecule has 0 radical (unpaired) electrons. The molecule has 0 unspecified atom stereocenters. The summed E-state index contributed by atoms with van der Waals surface area (Å²) in [6.07, 6.45) is -0.0855. The highest BCUT2D eigenvalue weighted by Gasteiger charge is 2.27. The maximum atomic E-state index is 12.5. The van der Waals surface area contributed by atoms with E-state index in [2.05, 4.69) is 15.9 Å². The Morgan fingerprint density at radius 3 is 2.40 bits per heavy atom. The largest absolute Gasteiger partial charge is 0.481 e. The molecule has 110 valence electrons. The van der Waals surface area contributed by atoms with E-state index in [1.54, 1.807) is 23.1 Å². The van der Waals surface area contributed by atoms with Crippen LogP contribution in [0.1, 0.15) is 37.6 Å². The van der Waals surface area contributed by atoms with Crippen molar-refractivity contribution in [3.8, 4) is 0 Å². The fourth-order valence-electron chi connectivity index (χ4n) is 1.73. The summed E-state index contributed by atoms with van der Waals surface area (Å²) in [5.74, 6) is -1.14. The molecule has 1 aromatic rings. The monoisotopic (exact) mass is 361 g/mol. The maximum Gasteiger partial charge on any atom is 0.305 e. The first kappa shape index (κ1) is 17.0. The van der Waals surface area contributed by atoms with Crippen LogP contribution in [0.25, 0.3) is 0 Å². The third-order valence-electron chi connectivity index (χ3n) is 2.77. The van der Waals surface area contributed by atoms with Gasteiger partial charge in [0.2, 0.25) is 0 Å². The molecule has 0 aliphatic carbocycles. The number of amides is 1. The Labute approximate surface area is 131 Å². The van der Waals surface area contributed by atoms with Gasteiger partial charge in [-0.25, -0.2) is 0 Å². The first-order valence-corrected chi connectivity index (χ1v) is 7.29. The quantitative estimate of drug-likeness (QED) is 0.886. The third kappa shape index (κ3) is 4.49. The predicted octanol–water partition coefficient (Wildman–Crippen LogP) is 3.82. The molecule has 0 bridgehead atoms. The van der Waals surface area contributed by atoms with E-state index in [-0.39, 0.29) is 18.9 Å². The van der Waals surface area contributed by atoms with Gasteiger partial charge in [-0.2, -0.15) is 0 Å². The molecular weight excluding hydrogens is 346 g/mol. The van der Waals surface area contributed by atoms with Crippen LogP contribution in [0.15, 0.2) is 22.7 Å². The zero-order valence-electron chi connectivity index (χ0n) is 11.6. The lowest BCUT2D eigenvalue weighted by molar-refractivity contribution is -0.137. The Kier molecular flexibility index (Phi) is 5.59. The van der Waals surface area contributed by atoms with Crippen molar-refractivity contribution >= 4 is 39.4 Å². The normalized spacial score (nSPS) is 11.2. The second kappa shape index (κ2) is 6.59. The van der Waals surface area contributed by atoms with Gasteiger partial charge in [0, 0.05) is 22.1 Å². The van der Waals surface area contributed by atoms with E-state index in [1.165, 1.54) is 0 Å². The van der Waals surface area contributed by atoms with E-state index >= 15 is 0 Å². The zero-order valence-corrected chi connectivity index (χ0v) is 14.0. The zero-order chi connectivity index (χ0) is 15.5. The smallest absolute Gasteiger partial charge is 0.305 e. The lowest BCUT2D eigenvalue weighted by Gasteiger charge is -2.35. The van der Waals surface area contributed by atoms with E-state index in [0.29, 0.717) is 15.1 Å². The summed E-state index contributed by atoms with van der Waals surface area (Å²) in [7, 11) is 0. The summed E-state index contributed by atoms with van der Waals surface area (Å²) in [6, 6.07) is 4.91. The first-order chi connectivity index (χ1) is 9.12. The molecule has 20 heavy (non-hydrogen) atoms. The van der Waals surface area contributed by atoms with Crippen molar-refractivity contribution < 1.29 is 14.7 Å². The molecule has 0 atom stereocenters. The summed E-state index contributed by atoms with van der Waals surface area (Å²) < 4.78 is 0.636. The molecule has 0 fully saturated rings. The minimum absolute atomic E-state index is 0.0855. The molecule has 0 heterocycles. The highest BCUT2D eigenvalue weighted by Crippen LogP contribution is 2.25. The van der Waals surface area contributed by atoms with Crippen LogP contribution in [-0.4, -0.2) is 34.0 Å². The maximum absolute atomic E-state index is 12.5. The standard InChI is InChI=1S/C14H17BrClNO3/c1-14(2,3)17(7-6-12(18)19)13(20)9-4-5-11(16)10(15)8-9/h4-5,8H,6-7H2,1-3H3,(H,18,19). The number of hydrogen-bond donors (Lipinski definition) is 1. The van der Waals surface area contributed by atoms with Crippen molar-refractivity contribution in [2.24, 2.45) is 0 Å². The van der Waals surface area contributed by atoms with Gasteiger partial charge in [0.05, 0.1) is 11.4 Å². The number of benzene rings is 1. The molecule has 0 aliphatic rings. The van der Waals surface area contributed by atoms with E-state index in [1.807, 2.05) is 20.8 Å². The van der Waals surface area contributed by atoms with E-state index in [9.17, 15) is 9.59 Å². The molecule has 0 saturated heterocycles. The Morgan fingerprint density at radius 1 is 1.35 bits per heavy atom. The van der Waals surface area contributed by atoms with Gasteiger partial charge < -0.3 is 10.0 Å². The van der Waals surface area contributed by atoms with Gasteiger partial charge in [-0.3, -0.25) is 9.59 Å². The Hall–Kier alpha value is -1.07. The molecule has 0 aliphatic heterocycles. The number of carbonyl (C=O) groups is 2. The van der Waals surface area contributed by atoms with Crippen LogP contribution >= 0.6 is 27.5 Å². The van der Waals surface area contributed by atoms with E-state index in [0.717, 1.165) is 0 Å². The average Bonchev–Trinajstić information content (AvgIpc) is 2.30. The molecule has 1 aromatic carbocycles. The van der Waals surface area contributed by atoms with Gasteiger partial charge in [0.25, 0.3) is 5.91 Å². The van der Waals surface area contributed by atoms with Gasteiger partial charge in [-0.05, 0) is 54.9 Å². The molecule has 0 saturated carbocycles. The molecule has 6 heteroatoms. The number of aliphatic carboxylic acids is 1. The van der Waals surface area contributed by atoms with Gasteiger partial charge in [-0.15, -0.1) is 0 Å². The summed E-state index contributed by atoms with van der Waals surface area (Å²) in [6.45, 7) is 5.78. The second-order valence-corrected chi connectivity index (χ2v) is 6.66. The number of nitrogens with zero attached hydrogens (tertiary/aromatic N) is 1. The minimum Gasteiger partial charge on any atom is -0.481 e. The molecule has 1 amide bonds. The van der Waals surface area contributed by atoms with Crippen LogP contribution in [0.4, 0.5) is 0 Å². The van der Waals surface area contributed by atoms with Crippen LogP contribution in [0, 0.1) is 0 Å². The van der Waals surface area contributed by atoms with E-state index < -0.39 is 11.5 Å². The van der Waals surface area contributed by atoms with Crippen LogP contribution < -0.4 is 0 Å². The average molecular weight is 363 g/mol. The van der Waals surface area contributed by atoms with Crippen molar-refractivity contribution in [2.75, 3.05) is 6.54 Å². The SMILES string of the molecule is CC(C)(C)N(CCC(=O)O)C(=O)c1ccc(Cl)c(Br)c1. The number of hydrogen-bond acceptors (Lipinski definition) is 2. The van der Waals surface area contributed by atoms with Crippen molar-refractivity contribution in [3.63, 3.8) is 0 Å². The summed E-state index contributed by atoms with van der Waals surface area (Å²) in [5.41, 5.74) is 0.0140. The van der Waals surface area contributed by atoms with Crippen LogP contribution in [0.3, 0.4) is 0 Å². The fourth-order valence-corrected chi connectivity index (χ4v) is 2.23. The molecular formula is C14H17BrClNO3. The van der Waals surface area contributed by atoms with Crippen molar-refractivity contribution in [1.29, 1.82) is 0 Å². The number of rotatable bonds is 4. The van der Waals surface area contributed by atoms with Crippen molar-refractivity contribution in [3.05, 3.63) is 33.3 Å². The van der Waals surface area contributed by atoms with Crippen LogP contribution in [0.2, 0.25) is 5.02 Å². The molecule has 4 nitrogen and oxygen atoms in total. The highest BCUT2D eigenvalue weighted by atomic mass is 79.9. The lowest BCUT2D eigenvalue weighted by Crippen LogP contribution is -2.46. The topological polar surface area (TPSA) is 57.6 Å². The fraction of sp³-hybridized carbons (Fsp3) is 0.429. The number of carboxylic acids is 1. The Bertz CT molecular complexity index is 526. The van der Waals surface area contributed by atoms with Crippen LogP contribution in [-0.2, 0) is 4.79 Å². The number of carbonyl (C=O) groups excluding carboxylic acids is 1. The van der Waals surface area contributed by atoms with Crippen LogP contribution in [0.5, 0.6) is 0 Å². The Balaban J connectivity index is 3.03. The van der Waals surface area contributed by atoms with Crippen molar-refractivity contribution in [1.82, 2.24) is 4.90 Å². The van der Waals surface area contributed by atoms with Crippen molar-refractivity contribution in [2.45, 2.75) is 32.7 Å². The third-order valence-corrected chi connectivity index (χ3v) is 3.98. The van der Waals surface area contributed by atoms with E-state index in [4.69, 9.17) is 16.7 Å². The lowest BCUT2D eigenvalue weighted by atomic mass is 10.0. The van der Waals surface area contributed by atoms with Gasteiger partial charge in [0.1, 0.15) is 0 Å². The van der Waals surface area contributed by atoms with Gasteiger partial charge in [-0.1, -0.05) is 11.6 Å². The second-order valence-electron chi connectivity index (χ2n) is 5.40. The van der Waals surface area contributed by atoms with Gasteiger partial charge >= 0.3 is 5.97 Å². The number of halogens is 2. The first-order valence-electron chi connectivity index (χ1n) is 6.11. The predicted molar refractivity (Wildman–Crippen MR) is 82.2 cm³/mol. The minimum atomic E-state index is -0.927. The molecule has 1 N–H and O–H groups in total. The molecule has 0 aromatic heterocycles. The summed E-state index contributed by atoms with van der Waals surface area (Å²) in [5, 5.41) is 9.32. The molecule has 1 rings (SSSR count).